The number of nitrogens with one attached hydrogen (secondary N) is 1. The van der Waals surface area contributed by atoms with Crippen molar-refractivity contribution in [3.05, 3.63) is 23.9 Å². The highest BCUT2D eigenvalue weighted by molar-refractivity contribution is 7.80. The first-order valence-corrected chi connectivity index (χ1v) is 7.06. The molecule has 3 unspecified atom stereocenters. The van der Waals surface area contributed by atoms with Gasteiger partial charge in [-0.3, -0.25) is 0 Å². The lowest BCUT2D eigenvalue weighted by atomic mass is 9.93. The van der Waals surface area contributed by atoms with Gasteiger partial charge in [0, 0.05) is 6.04 Å². The lowest BCUT2D eigenvalue weighted by Gasteiger charge is -2.21. The maximum Gasteiger partial charge on any atom is 0.126 e. The van der Waals surface area contributed by atoms with Crippen molar-refractivity contribution >= 4 is 23.0 Å². The van der Waals surface area contributed by atoms with E-state index in [1.807, 2.05) is 18.2 Å². The van der Waals surface area contributed by atoms with Crippen LogP contribution in [0, 0.1) is 11.8 Å². The van der Waals surface area contributed by atoms with Crippen LogP contribution in [0.4, 0.5) is 5.82 Å². The third-order valence-electron chi connectivity index (χ3n) is 4.09. The van der Waals surface area contributed by atoms with Crippen LogP contribution in [0.15, 0.2) is 18.2 Å². The fourth-order valence-electron chi connectivity index (χ4n) is 2.87. The normalized spacial score (nSPS) is 27.1. The Morgan fingerprint density at radius 3 is 2.89 bits per heavy atom. The van der Waals surface area contributed by atoms with Crippen LogP contribution in [0.1, 0.15) is 38.8 Å². The molecule has 0 aliphatic heterocycles. The molecule has 1 fully saturated rings. The Labute approximate surface area is 114 Å². The molecule has 1 aromatic rings. The van der Waals surface area contributed by atoms with Crippen LogP contribution >= 0.6 is 12.2 Å². The van der Waals surface area contributed by atoms with Crippen molar-refractivity contribution in [1.82, 2.24) is 4.98 Å². The van der Waals surface area contributed by atoms with Crippen molar-refractivity contribution in [2.45, 2.75) is 39.2 Å². The number of anilines is 1. The first kappa shape index (κ1) is 13.3. The van der Waals surface area contributed by atoms with Crippen LogP contribution in [0.3, 0.4) is 0 Å². The average molecular weight is 263 g/mol. The first-order chi connectivity index (χ1) is 8.61. The van der Waals surface area contributed by atoms with Gasteiger partial charge in [0.1, 0.15) is 10.8 Å². The Bertz CT molecular complexity index is 433. The monoisotopic (exact) mass is 263 g/mol. The van der Waals surface area contributed by atoms with Gasteiger partial charge in [-0.15, -0.1) is 0 Å². The van der Waals surface area contributed by atoms with Gasteiger partial charge in [0.2, 0.25) is 0 Å². The molecule has 1 aliphatic rings. The molecular weight excluding hydrogens is 242 g/mol. The summed E-state index contributed by atoms with van der Waals surface area (Å²) in [7, 11) is 0. The lowest BCUT2D eigenvalue weighted by Crippen LogP contribution is -2.25. The summed E-state index contributed by atoms with van der Waals surface area (Å²) in [6.07, 6.45) is 3.79. The molecule has 3 N–H and O–H groups in total. The number of hydrogen-bond acceptors (Lipinski definition) is 3. The fourth-order valence-corrected chi connectivity index (χ4v) is 2.98. The Morgan fingerprint density at radius 1 is 1.50 bits per heavy atom. The maximum absolute atomic E-state index is 5.60. The van der Waals surface area contributed by atoms with E-state index in [9.17, 15) is 0 Å². The van der Waals surface area contributed by atoms with Crippen LogP contribution in [-0.2, 0) is 0 Å². The lowest BCUT2D eigenvalue weighted by molar-refractivity contribution is 0.391. The van der Waals surface area contributed by atoms with Crippen molar-refractivity contribution in [2.24, 2.45) is 17.6 Å². The molecule has 3 nitrogen and oxygen atoms in total. The van der Waals surface area contributed by atoms with Gasteiger partial charge in [-0.2, -0.15) is 0 Å². The molecule has 4 heteroatoms. The third-order valence-corrected chi connectivity index (χ3v) is 4.30. The Morgan fingerprint density at radius 2 is 2.28 bits per heavy atom. The molecule has 1 heterocycles. The number of rotatable bonds is 4. The molecule has 0 saturated heterocycles. The first-order valence-electron chi connectivity index (χ1n) is 6.65. The minimum Gasteiger partial charge on any atom is -0.388 e. The molecule has 2 rings (SSSR count). The summed E-state index contributed by atoms with van der Waals surface area (Å²) < 4.78 is 0. The van der Waals surface area contributed by atoms with Gasteiger partial charge in [-0.05, 0) is 36.8 Å². The Kier molecular flexibility index (Phi) is 4.17. The molecule has 1 saturated carbocycles. The van der Waals surface area contributed by atoms with Crippen molar-refractivity contribution in [2.75, 3.05) is 5.32 Å². The minimum atomic E-state index is 0.351. The van der Waals surface area contributed by atoms with E-state index >= 15 is 0 Å². The van der Waals surface area contributed by atoms with E-state index in [1.54, 1.807) is 0 Å². The van der Waals surface area contributed by atoms with Crippen LogP contribution < -0.4 is 11.1 Å². The van der Waals surface area contributed by atoms with Gasteiger partial charge in [0.15, 0.2) is 0 Å². The summed E-state index contributed by atoms with van der Waals surface area (Å²) in [5, 5.41) is 3.52. The summed E-state index contributed by atoms with van der Waals surface area (Å²) in [6, 6.07) is 6.29. The van der Waals surface area contributed by atoms with Crippen LogP contribution in [0.2, 0.25) is 0 Å². The average Bonchev–Trinajstić information content (AvgIpc) is 2.71. The van der Waals surface area contributed by atoms with E-state index in [4.69, 9.17) is 18.0 Å². The van der Waals surface area contributed by atoms with E-state index in [0.717, 1.165) is 11.7 Å². The zero-order valence-electron chi connectivity index (χ0n) is 11.0. The highest BCUT2D eigenvalue weighted by Crippen LogP contribution is 2.35. The van der Waals surface area contributed by atoms with E-state index in [1.165, 1.54) is 19.3 Å². The molecule has 1 aliphatic carbocycles. The van der Waals surface area contributed by atoms with Crippen LogP contribution in [0.5, 0.6) is 0 Å². The van der Waals surface area contributed by atoms with Gasteiger partial charge in [-0.25, -0.2) is 4.98 Å². The molecule has 0 spiro atoms. The molecule has 0 aromatic carbocycles. The SMILES string of the molecule is CCC1CCC(Nc2cccc(C(N)=S)n2)C1C. The van der Waals surface area contributed by atoms with E-state index < -0.39 is 0 Å². The predicted molar refractivity (Wildman–Crippen MR) is 79.7 cm³/mol. The van der Waals surface area contributed by atoms with E-state index in [2.05, 4.69) is 24.1 Å². The van der Waals surface area contributed by atoms with Crippen molar-refractivity contribution in [3.63, 3.8) is 0 Å². The molecule has 0 amide bonds. The standard InChI is InChI=1S/C14H21N3S/c1-3-10-7-8-11(9(10)2)16-13-6-4-5-12(17-13)14(15)18/h4-6,9-11H,3,7-8H2,1-2H3,(H2,15,18)(H,16,17). The van der Waals surface area contributed by atoms with E-state index in [0.29, 0.717) is 22.6 Å². The summed E-state index contributed by atoms with van der Waals surface area (Å²) in [6.45, 7) is 4.60. The van der Waals surface area contributed by atoms with Gasteiger partial charge < -0.3 is 11.1 Å². The number of nitrogens with zero attached hydrogens (tertiary/aromatic N) is 1. The second kappa shape index (κ2) is 5.65. The van der Waals surface area contributed by atoms with Gasteiger partial charge in [0.05, 0.1) is 5.69 Å². The topological polar surface area (TPSA) is 50.9 Å². The quantitative estimate of drug-likeness (QED) is 0.820. The van der Waals surface area contributed by atoms with Gasteiger partial charge in [-0.1, -0.05) is 38.6 Å². The predicted octanol–water partition coefficient (Wildman–Crippen LogP) is 2.95. The minimum absolute atomic E-state index is 0.351. The van der Waals surface area contributed by atoms with Crippen LogP contribution in [-0.4, -0.2) is 16.0 Å². The van der Waals surface area contributed by atoms with Crippen molar-refractivity contribution in [1.29, 1.82) is 0 Å². The summed E-state index contributed by atoms with van der Waals surface area (Å²) in [4.78, 5) is 4.80. The highest BCUT2D eigenvalue weighted by Gasteiger charge is 2.31. The molecule has 3 atom stereocenters. The number of aromatic nitrogens is 1. The van der Waals surface area contributed by atoms with Crippen molar-refractivity contribution in [3.8, 4) is 0 Å². The highest BCUT2D eigenvalue weighted by atomic mass is 32.1. The van der Waals surface area contributed by atoms with E-state index in [-0.39, 0.29) is 0 Å². The second-order valence-electron chi connectivity index (χ2n) is 5.13. The smallest absolute Gasteiger partial charge is 0.126 e. The maximum atomic E-state index is 5.60. The molecular formula is C14H21N3S. The zero-order chi connectivity index (χ0) is 13.1. The van der Waals surface area contributed by atoms with Crippen molar-refractivity contribution < 1.29 is 0 Å². The summed E-state index contributed by atoms with van der Waals surface area (Å²) in [5.74, 6) is 2.42. The van der Waals surface area contributed by atoms with Crippen LogP contribution in [0.25, 0.3) is 0 Å². The Hall–Kier alpha value is -1.16. The number of hydrogen-bond donors (Lipinski definition) is 2. The fraction of sp³-hybridized carbons (Fsp3) is 0.571. The number of pyridine rings is 1. The van der Waals surface area contributed by atoms with Gasteiger partial charge >= 0.3 is 0 Å². The number of nitrogens with two attached hydrogens (primary N) is 1. The molecule has 1 aromatic heterocycles. The molecule has 98 valence electrons. The largest absolute Gasteiger partial charge is 0.388 e. The number of thiocarbonyl (C=S) groups is 1. The zero-order valence-corrected chi connectivity index (χ0v) is 11.8. The summed E-state index contributed by atoms with van der Waals surface area (Å²) in [5.41, 5.74) is 6.29. The Balaban J connectivity index is 2.06. The third kappa shape index (κ3) is 2.80. The molecule has 18 heavy (non-hydrogen) atoms. The molecule has 0 bridgehead atoms. The second-order valence-corrected chi connectivity index (χ2v) is 5.57. The summed E-state index contributed by atoms with van der Waals surface area (Å²) >= 11 is 4.95. The molecule has 0 radical (unpaired) electrons. The van der Waals surface area contributed by atoms with Gasteiger partial charge in [0.25, 0.3) is 0 Å².